The fourth-order valence-electron chi connectivity index (χ4n) is 3.34. The van der Waals surface area contributed by atoms with Crippen LogP contribution in [0.15, 0.2) is 42.5 Å². The quantitative estimate of drug-likeness (QED) is 0.754. The smallest absolute Gasteiger partial charge is 0.321 e. The van der Waals surface area contributed by atoms with E-state index in [1.165, 1.54) is 12.1 Å². The normalized spacial score (nSPS) is 15.7. The van der Waals surface area contributed by atoms with Crippen molar-refractivity contribution in [3.8, 4) is 0 Å². The van der Waals surface area contributed by atoms with E-state index in [0.717, 1.165) is 11.1 Å². The molecule has 3 rings (SSSR count). The lowest BCUT2D eigenvalue weighted by atomic mass is 9.79. The molecule has 0 radical (unpaired) electrons. The van der Waals surface area contributed by atoms with Crippen molar-refractivity contribution in [1.29, 1.82) is 0 Å². The maximum absolute atomic E-state index is 13.0. The highest BCUT2D eigenvalue weighted by atomic mass is 35.5. The van der Waals surface area contributed by atoms with E-state index in [1.54, 1.807) is 29.2 Å². The standard InChI is InChI=1S/C22H25ClFN3O2/c1-15-3-8-19(18(23)13-15)26-21(29)27-11-9-22(2,10-12-27)20(28)25-14-16-4-6-17(24)7-5-16/h3-8,13H,9-12,14H2,1-2H3,(H,25,28)(H,26,29). The molecule has 0 unspecified atom stereocenters. The molecule has 1 aliphatic rings. The van der Waals surface area contributed by atoms with Gasteiger partial charge in [0.05, 0.1) is 10.7 Å². The molecule has 5 nitrogen and oxygen atoms in total. The van der Waals surface area contributed by atoms with Gasteiger partial charge in [-0.05, 0) is 55.2 Å². The van der Waals surface area contributed by atoms with Crippen molar-refractivity contribution in [3.63, 3.8) is 0 Å². The molecule has 1 saturated heterocycles. The van der Waals surface area contributed by atoms with Crippen molar-refractivity contribution < 1.29 is 14.0 Å². The second-order valence-corrected chi connectivity index (χ2v) is 8.18. The zero-order valence-electron chi connectivity index (χ0n) is 16.6. The van der Waals surface area contributed by atoms with Gasteiger partial charge in [0.1, 0.15) is 5.82 Å². The van der Waals surface area contributed by atoms with Crippen LogP contribution in [0.2, 0.25) is 5.02 Å². The number of nitrogens with one attached hydrogen (secondary N) is 2. The van der Waals surface area contributed by atoms with E-state index in [2.05, 4.69) is 10.6 Å². The number of halogens is 2. The molecule has 7 heteroatoms. The van der Waals surface area contributed by atoms with E-state index in [4.69, 9.17) is 11.6 Å². The van der Waals surface area contributed by atoms with E-state index >= 15 is 0 Å². The molecule has 154 valence electrons. The van der Waals surface area contributed by atoms with Crippen molar-refractivity contribution in [1.82, 2.24) is 10.2 Å². The lowest BCUT2D eigenvalue weighted by Crippen LogP contribution is -2.49. The first-order valence-corrected chi connectivity index (χ1v) is 9.99. The molecule has 0 atom stereocenters. The van der Waals surface area contributed by atoms with Gasteiger partial charge in [-0.2, -0.15) is 0 Å². The van der Waals surface area contributed by atoms with E-state index in [-0.39, 0.29) is 17.8 Å². The molecule has 0 bridgehead atoms. The number of aryl methyl sites for hydroxylation is 1. The number of anilines is 1. The molecule has 29 heavy (non-hydrogen) atoms. The fraction of sp³-hybridized carbons (Fsp3) is 0.364. The number of nitrogens with zero attached hydrogens (tertiary/aromatic N) is 1. The number of benzene rings is 2. The molecule has 1 fully saturated rings. The number of hydrogen-bond acceptors (Lipinski definition) is 2. The monoisotopic (exact) mass is 417 g/mol. The minimum Gasteiger partial charge on any atom is -0.352 e. The summed E-state index contributed by atoms with van der Waals surface area (Å²) < 4.78 is 13.0. The number of piperidine rings is 1. The highest BCUT2D eigenvalue weighted by Gasteiger charge is 2.38. The van der Waals surface area contributed by atoms with Crippen LogP contribution in [0.4, 0.5) is 14.9 Å². The first-order chi connectivity index (χ1) is 13.8. The minimum atomic E-state index is -0.543. The number of urea groups is 1. The van der Waals surface area contributed by atoms with Gasteiger partial charge in [-0.25, -0.2) is 9.18 Å². The zero-order chi connectivity index (χ0) is 21.0. The highest BCUT2D eigenvalue weighted by molar-refractivity contribution is 6.33. The van der Waals surface area contributed by atoms with Crippen molar-refractivity contribution in [2.75, 3.05) is 18.4 Å². The molecule has 1 aliphatic heterocycles. The topological polar surface area (TPSA) is 61.4 Å². The van der Waals surface area contributed by atoms with E-state index < -0.39 is 5.41 Å². The summed E-state index contributed by atoms with van der Waals surface area (Å²) in [7, 11) is 0. The summed E-state index contributed by atoms with van der Waals surface area (Å²) in [6, 6.07) is 11.3. The van der Waals surface area contributed by atoms with Gasteiger partial charge in [-0.1, -0.05) is 36.7 Å². The van der Waals surface area contributed by atoms with Crippen LogP contribution in [0.3, 0.4) is 0 Å². The second kappa shape index (κ2) is 8.82. The summed E-state index contributed by atoms with van der Waals surface area (Å²) in [5.74, 6) is -0.354. The van der Waals surface area contributed by atoms with Crippen LogP contribution in [0.25, 0.3) is 0 Å². The largest absolute Gasteiger partial charge is 0.352 e. The number of hydrogen-bond donors (Lipinski definition) is 2. The molecule has 0 spiro atoms. The summed E-state index contributed by atoms with van der Waals surface area (Å²) in [6.07, 6.45) is 1.13. The van der Waals surface area contributed by atoms with Crippen LogP contribution >= 0.6 is 11.6 Å². The third kappa shape index (κ3) is 5.26. The van der Waals surface area contributed by atoms with Crippen LogP contribution in [0.1, 0.15) is 30.9 Å². The number of carbonyl (C=O) groups is 2. The molecule has 0 aromatic heterocycles. The van der Waals surface area contributed by atoms with Gasteiger partial charge in [-0.15, -0.1) is 0 Å². The summed E-state index contributed by atoms with van der Waals surface area (Å²) in [4.78, 5) is 26.9. The summed E-state index contributed by atoms with van der Waals surface area (Å²) in [5.41, 5.74) is 1.90. The lowest BCUT2D eigenvalue weighted by molar-refractivity contribution is -0.132. The van der Waals surface area contributed by atoms with Gasteiger partial charge in [0.15, 0.2) is 0 Å². The fourth-order valence-corrected chi connectivity index (χ4v) is 3.63. The Bertz CT molecular complexity index is 893. The predicted octanol–water partition coefficient (Wildman–Crippen LogP) is 4.74. The Kier molecular flexibility index (Phi) is 6.42. The van der Waals surface area contributed by atoms with Crippen molar-refractivity contribution in [3.05, 3.63) is 64.4 Å². The Balaban J connectivity index is 1.52. The number of likely N-dealkylation sites (tertiary alicyclic amines) is 1. The predicted molar refractivity (Wildman–Crippen MR) is 112 cm³/mol. The average molecular weight is 418 g/mol. The van der Waals surface area contributed by atoms with Crippen molar-refractivity contribution in [2.45, 2.75) is 33.2 Å². The molecular weight excluding hydrogens is 393 g/mol. The molecule has 2 N–H and O–H groups in total. The first kappa shape index (κ1) is 21.1. The highest BCUT2D eigenvalue weighted by Crippen LogP contribution is 2.32. The number of carbonyl (C=O) groups excluding carboxylic acids is 2. The first-order valence-electron chi connectivity index (χ1n) is 9.62. The molecule has 2 aromatic carbocycles. The van der Waals surface area contributed by atoms with Gasteiger partial charge in [0, 0.05) is 25.0 Å². The zero-order valence-corrected chi connectivity index (χ0v) is 17.4. The lowest BCUT2D eigenvalue weighted by Gasteiger charge is -2.38. The maximum atomic E-state index is 13.0. The molecule has 2 aromatic rings. The molecule has 1 heterocycles. The molecular formula is C22H25ClFN3O2. The minimum absolute atomic E-state index is 0.0523. The Morgan fingerprint density at radius 2 is 1.79 bits per heavy atom. The van der Waals surface area contributed by atoms with E-state index in [1.807, 2.05) is 19.9 Å². The third-order valence-corrected chi connectivity index (χ3v) is 5.75. The van der Waals surface area contributed by atoms with Gasteiger partial charge >= 0.3 is 6.03 Å². The Hall–Kier alpha value is -2.60. The van der Waals surface area contributed by atoms with Crippen LogP contribution < -0.4 is 10.6 Å². The van der Waals surface area contributed by atoms with Crippen molar-refractivity contribution >= 4 is 29.2 Å². The van der Waals surface area contributed by atoms with Crippen LogP contribution in [-0.4, -0.2) is 29.9 Å². The van der Waals surface area contributed by atoms with Crippen LogP contribution in [0.5, 0.6) is 0 Å². The van der Waals surface area contributed by atoms with Gasteiger partial charge < -0.3 is 15.5 Å². The third-order valence-electron chi connectivity index (χ3n) is 5.43. The Morgan fingerprint density at radius 3 is 2.41 bits per heavy atom. The van der Waals surface area contributed by atoms with Crippen LogP contribution in [-0.2, 0) is 11.3 Å². The van der Waals surface area contributed by atoms with Gasteiger partial charge in [0.2, 0.25) is 5.91 Å². The molecule has 0 aliphatic carbocycles. The van der Waals surface area contributed by atoms with Crippen molar-refractivity contribution in [2.24, 2.45) is 5.41 Å². The summed E-state index contributed by atoms with van der Waals surface area (Å²) in [6.45, 7) is 5.17. The SMILES string of the molecule is Cc1ccc(NC(=O)N2CCC(C)(C(=O)NCc3ccc(F)cc3)CC2)c(Cl)c1. The summed E-state index contributed by atoms with van der Waals surface area (Å²) >= 11 is 6.19. The molecule has 0 saturated carbocycles. The maximum Gasteiger partial charge on any atom is 0.321 e. The van der Waals surface area contributed by atoms with Gasteiger partial charge in [0.25, 0.3) is 0 Å². The molecule has 3 amide bonds. The van der Waals surface area contributed by atoms with Crippen LogP contribution in [0, 0.1) is 18.2 Å². The number of amides is 3. The number of rotatable bonds is 4. The Morgan fingerprint density at radius 1 is 1.14 bits per heavy atom. The van der Waals surface area contributed by atoms with E-state index in [9.17, 15) is 14.0 Å². The summed E-state index contributed by atoms with van der Waals surface area (Å²) in [5, 5.41) is 6.27. The second-order valence-electron chi connectivity index (χ2n) is 7.77. The van der Waals surface area contributed by atoms with Gasteiger partial charge in [-0.3, -0.25) is 4.79 Å². The average Bonchev–Trinajstić information content (AvgIpc) is 2.70. The Labute approximate surface area is 175 Å². The van der Waals surface area contributed by atoms with E-state index in [0.29, 0.717) is 43.2 Å².